The zero-order chi connectivity index (χ0) is 23.8. The highest BCUT2D eigenvalue weighted by Gasteiger charge is 2.28. The summed E-state index contributed by atoms with van der Waals surface area (Å²) in [5, 5.41) is 6.03. The van der Waals surface area contributed by atoms with E-state index in [4.69, 9.17) is 9.47 Å². The number of benzene rings is 1. The van der Waals surface area contributed by atoms with E-state index >= 15 is 0 Å². The van der Waals surface area contributed by atoms with Gasteiger partial charge in [-0.2, -0.15) is 5.10 Å². The van der Waals surface area contributed by atoms with Crippen molar-refractivity contribution in [2.45, 2.75) is 45.6 Å². The number of nitrogens with one attached hydrogen (secondary N) is 1. The number of hydrogen-bond acceptors (Lipinski definition) is 5. The molecule has 2 aliphatic heterocycles. The van der Waals surface area contributed by atoms with E-state index < -0.39 is 0 Å². The zero-order valence-electron chi connectivity index (χ0n) is 20.3. The summed E-state index contributed by atoms with van der Waals surface area (Å²) in [4.78, 5) is 31.3. The summed E-state index contributed by atoms with van der Waals surface area (Å²) < 4.78 is 12.8. The van der Waals surface area contributed by atoms with Crippen LogP contribution in [0.5, 0.6) is 0 Å². The van der Waals surface area contributed by atoms with Crippen molar-refractivity contribution in [1.82, 2.24) is 19.7 Å². The van der Waals surface area contributed by atoms with Crippen molar-refractivity contribution in [3.63, 3.8) is 0 Å². The van der Waals surface area contributed by atoms with Crippen molar-refractivity contribution in [2.24, 2.45) is 11.8 Å². The molecule has 1 unspecified atom stereocenters. The third kappa shape index (κ3) is 4.14. The van der Waals surface area contributed by atoms with Gasteiger partial charge in [0.1, 0.15) is 0 Å². The number of nitrogens with zero attached hydrogens (tertiary/aromatic N) is 3. The molecule has 8 nitrogen and oxygen atoms in total. The molecule has 1 atom stereocenters. The molecule has 2 aromatic heterocycles. The molecule has 1 amide bonds. The van der Waals surface area contributed by atoms with Gasteiger partial charge >= 0.3 is 0 Å². The number of hydrogen-bond donors (Lipinski definition) is 1. The number of rotatable bonds is 5. The van der Waals surface area contributed by atoms with Crippen molar-refractivity contribution in [2.75, 3.05) is 40.0 Å². The van der Waals surface area contributed by atoms with Crippen molar-refractivity contribution in [3.8, 4) is 0 Å². The van der Waals surface area contributed by atoms with Gasteiger partial charge in [-0.3, -0.25) is 14.3 Å². The van der Waals surface area contributed by atoms with E-state index in [1.165, 1.54) is 0 Å². The smallest absolute Gasteiger partial charge is 0.259 e. The number of carbonyl (C=O) groups is 1. The summed E-state index contributed by atoms with van der Waals surface area (Å²) >= 11 is 0. The molecule has 8 heteroatoms. The Hall–Kier alpha value is -2.71. The molecule has 182 valence electrons. The van der Waals surface area contributed by atoms with E-state index in [9.17, 15) is 9.59 Å². The molecule has 34 heavy (non-hydrogen) atoms. The Kier molecular flexibility index (Phi) is 6.44. The summed E-state index contributed by atoms with van der Waals surface area (Å²) in [6, 6.07) is 4.07. The van der Waals surface area contributed by atoms with Crippen LogP contribution < -0.4 is 5.56 Å². The molecule has 4 heterocycles. The molecular formula is C26H34N4O4. The second-order valence-corrected chi connectivity index (χ2v) is 9.92. The van der Waals surface area contributed by atoms with E-state index in [2.05, 4.69) is 17.0 Å². The summed E-state index contributed by atoms with van der Waals surface area (Å²) in [5.41, 5.74) is 2.98. The van der Waals surface area contributed by atoms with E-state index in [0.29, 0.717) is 36.0 Å². The van der Waals surface area contributed by atoms with Gasteiger partial charge in [-0.1, -0.05) is 6.92 Å². The maximum Gasteiger partial charge on any atom is 0.259 e. The van der Waals surface area contributed by atoms with Gasteiger partial charge in [0.15, 0.2) is 0 Å². The average molecular weight is 467 g/mol. The Morgan fingerprint density at radius 2 is 1.94 bits per heavy atom. The molecule has 2 saturated heterocycles. The average Bonchev–Trinajstić information content (AvgIpc) is 3.30. The molecule has 0 spiro atoms. The van der Waals surface area contributed by atoms with Crippen LogP contribution >= 0.6 is 0 Å². The number of aryl methyl sites for hydroxylation is 1. The first kappa shape index (κ1) is 23.1. The van der Waals surface area contributed by atoms with Crippen LogP contribution in [0.1, 0.15) is 54.6 Å². The first-order valence-corrected chi connectivity index (χ1v) is 12.4. The van der Waals surface area contributed by atoms with Crippen molar-refractivity contribution in [3.05, 3.63) is 39.8 Å². The Labute approximate surface area is 199 Å². The van der Waals surface area contributed by atoms with Gasteiger partial charge in [0.05, 0.1) is 28.7 Å². The number of pyridine rings is 1. The predicted molar refractivity (Wildman–Crippen MR) is 131 cm³/mol. The Bertz CT molecular complexity index is 1250. The number of likely N-dealkylation sites (tertiary alicyclic amines) is 1. The number of aromatic nitrogens is 3. The first-order chi connectivity index (χ1) is 16.5. The van der Waals surface area contributed by atoms with E-state index in [0.717, 1.165) is 67.4 Å². The second kappa shape index (κ2) is 9.50. The monoisotopic (exact) mass is 466 g/mol. The van der Waals surface area contributed by atoms with Gasteiger partial charge in [0.25, 0.3) is 11.5 Å². The lowest BCUT2D eigenvalue weighted by molar-refractivity contribution is 0.0598. The standard InChI is InChI=1S/C26H34N4O4/c1-16-12-23-21(13-20(16)26(32)29-8-4-18(5-9-29)17(2)15-33-3)24-22(25(31)28-23)14-27-30(24)19-6-10-34-11-7-19/h12-14,17-19H,4-11,15H2,1-3H3,(H,28,31). The highest BCUT2D eigenvalue weighted by Crippen LogP contribution is 2.31. The predicted octanol–water partition coefficient (Wildman–Crippen LogP) is 3.67. The van der Waals surface area contributed by atoms with Gasteiger partial charge in [-0.05, 0) is 62.1 Å². The molecule has 0 radical (unpaired) electrons. The topological polar surface area (TPSA) is 89.5 Å². The van der Waals surface area contributed by atoms with Crippen LogP contribution in [0.3, 0.4) is 0 Å². The number of ether oxygens (including phenoxy) is 2. The number of carbonyl (C=O) groups excluding carboxylic acids is 1. The number of fused-ring (bicyclic) bond motifs is 3. The third-order valence-electron chi connectivity index (χ3n) is 7.74. The Morgan fingerprint density at radius 1 is 1.21 bits per heavy atom. The fraction of sp³-hybridized carbons (Fsp3) is 0.577. The van der Waals surface area contributed by atoms with Crippen molar-refractivity contribution < 1.29 is 14.3 Å². The first-order valence-electron chi connectivity index (χ1n) is 12.4. The highest BCUT2D eigenvalue weighted by molar-refractivity contribution is 6.07. The molecular weight excluding hydrogens is 432 g/mol. The van der Waals surface area contributed by atoms with E-state index in [1.54, 1.807) is 13.3 Å². The highest BCUT2D eigenvalue weighted by atomic mass is 16.5. The zero-order valence-corrected chi connectivity index (χ0v) is 20.3. The van der Waals surface area contributed by atoms with E-state index in [-0.39, 0.29) is 17.5 Å². The summed E-state index contributed by atoms with van der Waals surface area (Å²) in [6.45, 7) is 7.83. The summed E-state index contributed by atoms with van der Waals surface area (Å²) in [5.74, 6) is 1.15. The molecule has 0 saturated carbocycles. The molecule has 1 aromatic carbocycles. The van der Waals surface area contributed by atoms with Crippen LogP contribution in [0.25, 0.3) is 21.8 Å². The van der Waals surface area contributed by atoms with Gasteiger partial charge in [0, 0.05) is 51.0 Å². The SMILES string of the molecule is COCC(C)C1CCN(C(=O)c2cc3c(cc2C)[nH]c(=O)c2cnn(C4CCOCC4)c23)CC1. The Balaban J connectivity index is 1.50. The Morgan fingerprint density at radius 3 is 2.65 bits per heavy atom. The number of piperidine rings is 1. The van der Waals surface area contributed by atoms with Crippen LogP contribution in [-0.4, -0.2) is 65.6 Å². The summed E-state index contributed by atoms with van der Waals surface area (Å²) in [6.07, 6.45) is 5.36. The molecule has 2 aliphatic rings. The molecule has 5 rings (SSSR count). The van der Waals surface area contributed by atoms with Crippen LogP contribution in [0, 0.1) is 18.8 Å². The van der Waals surface area contributed by atoms with Crippen LogP contribution in [0.2, 0.25) is 0 Å². The summed E-state index contributed by atoms with van der Waals surface area (Å²) in [7, 11) is 1.75. The molecule has 3 aromatic rings. The van der Waals surface area contributed by atoms with Crippen molar-refractivity contribution in [1.29, 1.82) is 0 Å². The fourth-order valence-electron chi connectivity index (χ4n) is 5.67. The van der Waals surface area contributed by atoms with Gasteiger partial charge in [-0.15, -0.1) is 0 Å². The lowest BCUT2D eigenvalue weighted by atomic mass is 9.85. The van der Waals surface area contributed by atoms with Gasteiger partial charge in [0.2, 0.25) is 0 Å². The van der Waals surface area contributed by atoms with Gasteiger partial charge < -0.3 is 19.4 Å². The minimum Gasteiger partial charge on any atom is -0.384 e. The maximum absolute atomic E-state index is 13.6. The maximum atomic E-state index is 13.6. The van der Waals surface area contributed by atoms with Crippen LogP contribution in [-0.2, 0) is 9.47 Å². The normalized spacial score (nSPS) is 19.2. The molecule has 0 aliphatic carbocycles. The third-order valence-corrected chi connectivity index (χ3v) is 7.74. The number of aromatic amines is 1. The number of amides is 1. The quantitative estimate of drug-likeness (QED) is 0.620. The minimum absolute atomic E-state index is 0.0636. The molecule has 2 fully saturated rings. The molecule has 0 bridgehead atoms. The number of H-pyrrole nitrogens is 1. The van der Waals surface area contributed by atoms with Crippen LogP contribution in [0.15, 0.2) is 23.1 Å². The largest absolute Gasteiger partial charge is 0.384 e. The van der Waals surface area contributed by atoms with Gasteiger partial charge in [-0.25, -0.2) is 0 Å². The lowest BCUT2D eigenvalue weighted by Gasteiger charge is -2.35. The minimum atomic E-state index is -0.147. The number of methoxy groups -OCH3 is 1. The second-order valence-electron chi connectivity index (χ2n) is 9.92. The molecule has 1 N–H and O–H groups in total. The van der Waals surface area contributed by atoms with Crippen LogP contribution in [0.4, 0.5) is 0 Å². The van der Waals surface area contributed by atoms with E-state index in [1.807, 2.05) is 28.6 Å². The van der Waals surface area contributed by atoms with Crippen molar-refractivity contribution >= 4 is 27.7 Å². The fourth-order valence-corrected chi connectivity index (χ4v) is 5.67. The lowest BCUT2D eigenvalue weighted by Crippen LogP contribution is -2.40.